The fourth-order valence-corrected chi connectivity index (χ4v) is 5.95. The molecule has 0 spiro atoms. The number of amides is 2. The molecule has 0 radical (unpaired) electrons. The van der Waals surface area contributed by atoms with E-state index >= 15 is 0 Å². The summed E-state index contributed by atoms with van der Waals surface area (Å²) in [5.74, 6) is -3.20. The van der Waals surface area contributed by atoms with Crippen molar-refractivity contribution in [2.24, 2.45) is 5.41 Å². The van der Waals surface area contributed by atoms with E-state index in [1.165, 1.54) is 0 Å². The number of alkyl halides is 3. The molecule has 6 rings (SSSR count). The molecule has 7 nitrogen and oxygen atoms in total. The highest BCUT2D eigenvalue weighted by atomic mass is 19.4. The number of halogens is 3. The second kappa shape index (κ2) is 7.73. The topological polar surface area (TPSA) is 95.9 Å². The standard InChI is InChI=1S/C25H23F3N2O5/c1-23-11-24(12-23,21(32)33)30(13-23)20(31)19(25(26,27)28)29-22(34)35-10-18-16-8-4-2-6-14(16)15-7-3-5-9-17(15)18/h2-9,18-19H,10-13H2,1H3,(H,29,34)(H,32,33). The minimum Gasteiger partial charge on any atom is -0.479 e. The Bertz CT molecular complexity index is 1180. The predicted molar refractivity (Wildman–Crippen MR) is 117 cm³/mol. The van der Waals surface area contributed by atoms with Crippen LogP contribution in [0.2, 0.25) is 0 Å². The molecule has 2 N–H and O–H groups in total. The first-order valence-corrected chi connectivity index (χ1v) is 11.2. The van der Waals surface area contributed by atoms with E-state index in [1.807, 2.05) is 48.5 Å². The number of nitrogens with zero attached hydrogens (tertiary/aromatic N) is 1. The molecule has 2 aliphatic heterocycles. The minimum absolute atomic E-state index is 0.0800. The van der Waals surface area contributed by atoms with Gasteiger partial charge in [-0.05, 0) is 40.5 Å². The van der Waals surface area contributed by atoms with E-state index in [0.29, 0.717) is 0 Å². The number of rotatable bonds is 5. The first kappa shape index (κ1) is 23.2. The Morgan fingerprint density at radius 1 is 1.09 bits per heavy atom. The number of carboxylic acid groups (broad SMARTS) is 1. The van der Waals surface area contributed by atoms with Gasteiger partial charge in [0.05, 0.1) is 0 Å². The van der Waals surface area contributed by atoms with E-state index < -0.39 is 41.1 Å². The molecule has 1 atom stereocenters. The Hall–Kier alpha value is -3.56. The normalized spacial score (nSPS) is 25.3. The van der Waals surface area contributed by atoms with Crippen LogP contribution in [0.15, 0.2) is 48.5 Å². The molecule has 2 aromatic carbocycles. The second-order valence-electron chi connectivity index (χ2n) is 9.87. The van der Waals surface area contributed by atoms with Gasteiger partial charge in [0.1, 0.15) is 12.1 Å². The number of carboxylic acids is 1. The summed E-state index contributed by atoms with van der Waals surface area (Å²) in [6, 6.07) is 12.1. The number of benzene rings is 2. The van der Waals surface area contributed by atoms with Crippen molar-refractivity contribution in [3.63, 3.8) is 0 Å². The van der Waals surface area contributed by atoms with Gasteiger partial charge in [-0.2, -0.15) is 13.2 Å². The number of aliphatic carboxylic acids is 1. The van der Waals surface area contributed by atoms with Gasteiger partial charge in [-0.3, -0.25) is 4.79 Å². The third kappa shape index (κ3) is 3.62. The predicted octanol–water partition coefficient (Wildman–Crippen LogP) is 3.92. The first-order valence-electron chi connectivity index (χ1n) is 11.2. The number of carbonyl (C=O) groups excluding carboxylic acids is 2. The van der Waals surface area contributed by atoms with Crippen molar-refractivity contribution in [2.45, 2.75) is 43.4 Å². The molecule has 184 valence electrons. The average Bonchev–Trinajstić information content (AvgIpc) is 3.38. The van der Waals surface area contributed by atoms with Gasteiger partial charge in [0.2, 0.25) is 6.04 Å². The number of fused-ring (bicyclic) bond motifs is 4. The van der Waals surface area contributed by atoms with E-state index in [0.717, 1.165) is 27.2 Å². The van der Waals surface area contributed by atoms with Crippen LogP contribution in [0.1, 0.15) is 36.8 Å². The summed E-state index contributed by atoms with van der Waals surface area (Å²) in [7, 11) is 0. The summed E-state index contributed by atoms with van der Waals surface area (Å²) in [5.41, 5.74) is 1.48. The zero-order valence-electron chi connectivity index (χ0n) is 18.8. The van der Waals surface area contributed by atoms with E-state index in [-0.39, 0.29) is 31.9 Å². The zero-order chi connectivity index (χ0) is 25.2. The molecule has 2 aliphatic carbocycles. The van der Waals surface area contributed by atoms with Gasteiger partial charge < -0.3 is 20.1 Å². The lowest BCUT2D eigenvalue weighted by molar-refractivity contribution is -0.181. The van der Waals surface area contributed by atoms with Gasteiger partial charge in [0.25, 0.3) is 5.91 Å². The van der Waals surface area contributed by atoms with Gasteiger partial charge in [-0.15, -0.1) is 0 Å². The number of hydrogen-bond donors (Lipinski definition) is 2. The molecule has 35 heavy (non-hydrogen) atoms. The number of hydrogen-bond acceptors (Lipinski definition) is 4. The van der Waals surface area contributed by atoms with Gasteiger partial charge in [0.15, 0.2) is 0 Å². The molecule has 1 unspecified atom stereocenters. The summed E-state index contributed by atoms with van der Waals surface area (Å²) in [5, 5.41) is 11.2. The van der Waals surface area contributed by atoms with Crippen LogP contribution in [-0.2, 0) is 14.3 Å². The number of carbonyl (C=O) groups is 3. The summed E-state index contributed by atoms with van der Waals surface area (Å²) >= 11 is 0. The lowest BCUT2D eigenvalue weighted by Crippen LogP contribution is -2.62. The highest BCUT2D eigenvalue weighted by Gasteiger charge is 2.70. The maximum atomic E-state index is 13.8. The summed E-state index contributed by atoms with van der Waals surface area (Å²) in [4.78, 5) is 37.8. The minimum atomic E-state index is -5.13. The van der Waals surface area contributed by atoms with E-state index in [9.17, 15) is 32.7 Å². The van der Waals surface area contributed by atoms with Crippen molar-refractivity contribution in [3.8, 4) is 11.1 Å². The lowest BCUT2D eigenvalue weighted by atomic mass is 9.63. The molecule has 1 saturated carbocycles. The quantitative estimate of drug-likeness (QED) is 0.665. The van der Waals surface area contributed by atoms with Crippen molar-refractivity contribution in [3.05, 3.63) is 59.7 Å². The fraction of sp³-hybridized carbons (Fsp3) is 0.400. The maximum Gasteiger partial charge on any atom is 0.417 e. The molecule has 2 heterocycles. The Balaban J connectivity index is 1.31. The van der Waals surface area contributed by atoms with Gasteiger partial charge in [-0.25, -0.2) is 9.59 Å². The van der Waals surface area contributed by atoms with Crippen molar-refractivity contribution in [2.75, 3.05) is 13.2 Å². The van der Waals surface area contributed by atoms with Crippen molar-refractivity contribution < 1.29 is 37.4 Å². The first-order chi connectivity index (χ1) is 16.5. The number of alkyl carbamates (subject to hydrolysis) is 1. The Labute approximate surface area is 198 Å². The van der Waals surface area contributed by atoms with E-state index in [1.54, 1.807) is 12.2 Å². The van der Waals surface area contributed by atoms with Crippen molar-refractivity contribution >= 4 is 18.0 Å². The molecule has 10 heteroatoms. The van der Waals surface area contributed by atoms with Crippen LogP contribution in [0, 0.1) is 5.41 Å². The summed E-state index contributed by atoms with van der Waals surface area (Å²) < 4.78 is 46.6. The summed E-state index contributed by atoms with van der Waals surface area (Å²) in [6.07, 6.45) is -6.37. The molecule has 0 aromatic heterocycles. The highest BCUT2D eigenvalue weighted by Crippen LogP contribution is 2.59. The molecular formula is C25H23F3N2O5. The molecule has 3 fully saturated rings. The van der Waals surface area contributed by atoms with Crippen LogP contribution in [0.25, 0.3) is 11.1 Å². The SMILES string of the molecule is CC12CN(C(=O)C(NC(=O)OCC3c4ccccc4-c4ccccc43)C(F)(F)F)C(C(=O)O)(C1)C2. The largest absolute Gasteiger partial charge is 0.479 e. The average molecular weight is 488 g/mol. The fourth-order valence-electron chi connectivity index (χ4n) is 5.95. The smallest absolute Gasteiger partial charge is 0.417 e. The van der Waals surface area contributed by atoms with Crippen molar-refractivity contribution in [1.82, 2.24) is 10.2 Å². The summed E-state index contributed by atoms with van der Waals surface area (Å²) in [6.45, 7) is 1.39. The highest BCUT2D eigenvalue weighted by molar-refractivity contribution is 5.94. The third-order valence-corrected chi connectivity index (χ3v) is 7.34. The van der Waals surface area contributed by atoms with E-state index in [4.69, 9.17) is 4.74 Å². The van der Waals surface area contributed by atoms with E-state index in [2.05, 4.69) is 0 Å². The van der Waals surface area contributed by atoms with Crippen LogP contribution < -0.4 is 5.32 Å². The Kier molecular flexibility index (Phi) is 5.12. The van der Waals surface area contributed by atoms with Crippen LogP contribution in [0.5, 0.6) is 0 Å². The lowest BCUT2D eigenvalue weighted by Gasteiger charge is -2.43. The molecule has 2 saturated heterocycles. The molecule has 2 amide bonds. The van der Waals surface area contributed by atoms with Crippen LogP contribution in [0.3, 0.4) is 0 Å². The number of nitrogens with one attached hydrogen (secondary N) is 1. The molecular weight excluding hydrogens is 465 g/mol. The molecule has 2 bridgehead atoms. The van der Waals surface area contributed by atoms with Crippen LogP contribution >= 0.6 is 0 Å². The van der Waals surface area contributed by atoms with Gasteiger partial charge >= 0.3 is 18.2 Å². The Morgan fingerprint density at radius 3 is 2.14 bits per heavy atom. The third-order valence-electron chi connectivity index (χ3n) is 7.34. The number of ether oxygens (including phenoxy) is 1. The zero-order valence-corrected chi connectivity index (χ0v) is 18.8. The van der Waals surface area contributed by atoms with Crippen LogP contribution in [-0.4, -0.2) is 58.9 Å². The maximum absolute atomic E-state index is 13.8. The van der Waals surface area contributed by atoms with Crippen LogP contribution in [0.4, 0.5) is 18.0 Å². The molecule has 2 aromatic rings. The molecule has 4 aliphatic rings. The second-order valence-corrected chi connectivity index (χ2v) is 9.87. The Morgan fingerprint density at radius 2 is 1.63 bits per heavy atom. The van der Waals surface area contributed by atoms with Gasteiger partial charge in [-0.1, -0.05) is 55.5 Å². The van der Waals surface area contributed by atoms with Gasteiger partial charge in [0, 0.05) is 12.5 Å². The van der Waals surface area contributed by atoms with Crippen molar-refractivity contribution in [1.29, 1.82) is 0 Å². The monoisotopic (exact) mass is 488 g/mol.